The molecule has 1 aromatic rings. The molecule has 4 N–H and O–H groups in total. The van der Waals surface area contributed by atoms with Gasteiger partial charge in [-0.25, -0.2) is 0 Å². The van der Waals surface area contributed by atoms with Crippen molar-refractivity contribution in [3.05, 3.63) is 35.9 Å². The molecule has 0 aliphatic heterocycles. The van der Waals surface area contributed by atoms with E-state index in [0.29, 0.717) is 19.5 Å². The summed E-state index contributed by atoms with van der Waals surface area (Å²) in [7, 11) is 2.09. The minimum atomic E-state index is -1.16. The van der Waals surface area contributed by atoms with E-state index in [2.05, 4.69) is 13.2 Å². The molecule has 0 amide bonds. The van der Waals surface area contributed by atoms with Gasteiger partial charge in [0.05, 0.1) is 0 Å². The standard InChI is InChI=1S/C14H23BN2O2/c15-9-5-4-8-14(16,13(18)19)11-17-10-12-6-2-1-3-7-12/h1-3,6-7,17H,4-5,8-11,15-16H2,(H,18,19). The Balaban J connectivity index is 2.43. The molecule has 0 heterocycles. The molecular formula is C14H23BN2O2. The van der Waals surface area contributed by atoms with Crippen LogP contribution in [0.1, 0.15) is 24.8 Å². The van der Waals surface area contributed by atoms with Crippen LogP contribution in [0.3, 0.4) is 0 Å². The van der Waals surface area contributed by atoms with Crippen LogP contribution >= 0.6 is 0 Å². The van der Waals surface area contributed by atoms with E-state index in [1.807, 2.05) is 30.3 Å². The van der Waals surface area contributed by atoms with Crippen molar-refractivity contribution in [2.75, 3.05) is 6.54 Å². The van der Waals surface area contributed by atoms with Crippen molar-refractivity contribution in [3.63, 3.8) is 0 Å². The van der Waals surface area contributed by atoms with Crippen LogP contribution in [0.4, 0.5) is 0 Å². The zero-order valence-electron chi connectivity index (χ0n) is 11.6. The highest BCUT2D eigenvalue weighted by Gasteiger charge is 2.32. The summed E-state index contributed by atoms with van der Waals surface area (Å²) in [6.45, 7) is 0.932. The first kappa shape index (κ1) is 15.7. The second-order valence-electron chi connectivity index (χ2n) is 5.01. The Morgan fingerprint density at radius 3 is 2.58 bits per heavy atom. The van der Waals surface area contributed by atoms with Crippen LogP contribution in [-0.4, -0.2) is 31.0 Å². The first-order valence-corrected chi connectivity index (χ1v) is 6.85. The van der Waals surface area contributed by atoms with Crippen molar-refractivity contribution in [2.24, 2.45) is 5.73 Å². The number of nitrogens with one attached hydrogen (secondary N) is 1. The average Bonchev–Trinajstić information content (AvgIpc) is 2.40. The topological polar surface area (TPSA) is 75.3 Å². The lowest BCUT2D eigenvalue weighted by Crippen LogP contribution is -2.55. The Bertz CT molecular complexity index is 386. The molecule has 0 aliphatic rings. The number of carbonyl (C=O) groups is 1. The molecule has 4 nitrogen and oxygen atoms in total. The normalized spacial score (nSPS) is 13.9. The Morgan fingerprint density at radius 2 is 2.00 bits per heavy atom. The SMILES string of the molecule is BCCCCC(N)(CNCc1ccccc1)C(=O)O. The quantitative estimate of drug-likeness (QED) is 0.454. The van der Waals surface area contributed by atoms with Crippen LogP contribution in [-0.2, 0) is 11.3 Å². The van der Waals surface area contributed by atoms with E-state index in [0.717, 1.165) is 24.7 Å². The Labute approximate surface area is 115 Å². The highest BCUT2D eigenvalue weighted by atomic mass is 16.4. The summed E-state index contributed by atoms with van der Waals surface area (Å²) in [5, 5.41) is 12.4. The molecule has 0 aliphatic carbocycles. The van der Waals surface area contributed by atoms with Gasteiger partial charge in [0, 0.05) is 13.1 Å². The molecule has 1 unspecified atom stereocenters. The molecule has 5 heteroatoms. The fourth-order valence-corrected chi connectivity index (χ4v) is 1.99. The monoisotopic (exact) mass is 262 g/mol. The molecule has 0 radical (unpaired) electrons. The maximum absolute atomic E-state index is 11.3. The summed E-state index contributed by atoms with van der Waals surface area (Å²) >= 11 is 0. The van der Waals surface area contributed by atoms with Crippen LogP contribution in [0.25, 0.3) is 0 Å². The second kappa shape index (κ2) is 7.97. The molecule has 0 saturated carbocycles. The first-order chi connectivity index (χ1) is 9.08. The van der Waals surface area contributed by atoms with E-state index in [1.165, 1.54) is 0 Å². The van der Waals surface area contributed by atoms with Gasteiger partial charge in [-0.3, -0.25) is 4.79 Å². The molecule has 0 fully saturated rings. The van der Waals surface area contributed by atoms with Gasteiger partial charge < -0.3 is 16.2 Å². The predicted molar refractivity (Wildman–Crippen MR) is 79.9 cm³/mol. The number of benzene rings is 1. The third-order valence-corrected chi connectivity index (χ3v) is 3.26. The number of rotatable bonds is 9. The minimum Gasteiger partial charge on any atom is -0.480 e. The second-order valence-corrected chi connectivity index (χ2v) is 5.01. The van der Waals surface area contributed by atoms with Crippen molar-refractivity contribution in [2.45, 2.75) is 37.7 Å². The van der Waals surface area contributed by atoms with Crippen molar-refractivity contribution >= 4 is 13.8 Å². The van der Waals surface area contributed by atoms with Crippen LogP contribution in [0.5, 0.6) is 0 Å². The highest BCUT2D eigenvalue weighted by Crippen LogP contribution is 2.12. The summed E-state index contributed by atoms with van der Waals surface area (Å²) in [5.41, 5.74) is 5.95. The molecule has 0 bridgehead atoms. The van der Waals surface area contributed by atoms with Gasteiger partial charge in [0.25, 0.3) is 0 Å². The fraction of sp³-hybridized carbons (Fsp3) is 0.500. The number of hydrogen-bond donors (Lipinski definition) is 3. The third kappa shape index (κ3) is 5.45. The molecule has 1 aromatic carbocycles. The van der Waals surface area contributed by atoms with Crippen LogP contribution in [0.2, 0.25) is 6.32 Å². The largest absolute Gasteiger partial charge is 0.480 e. The van der Waals surface area contributed by atoms with E-state index in [-0.39, 0.29) is 0 Å². The molecule has 104 valence electrons. The van der Waals surface area contributed by atoms with Crippen molar-refractivity contribution in [3.8, 4) is 0 Å². The maximum Gasteiger partial charge on any atom is 0.325 e. The van der Waals surface area contributed by atoms with Crippen molar-refractivity contribution < 1.29 is 9.90 Å². The number of aliphatic carboxylic acids is 1. The molecule has 1 atom stereocenters. The third-order valence-electron chi connectivity index (χ3n) is 3.26. The summed E-state index contributed by atoms with van der Waals surface area (Å²) in [4.78, 5) is 11.3. The lowest BCUT2D eigenvalue weighted by atomic mass is 9.90. The lowest BCUT2D eigenvalue weighted by molar-refractivity contribution is -0.143. The zero-order chi connectivity index (χ0) is 14.1. The summed E-state index contributed by atoms with van der Waals surface area (Å²) in [6.07, 6.45) is 3.45. The molecule has 0 saturated heterocycles. The fourth-order valence-electron chi connectivity index (χ4n) is 1.99. The summed E-state index contributed by atoms with van der Waals surface area (Å²) in [6, 6.07) is 9.89. The molecular weight excluding hydrogens is 239 g/mol. The zero-order valence-corrected chi connectivity index (χ0v) is 11.6. The smallest absolute Gasteiger partial charge is 0.325 e. The Hall–Kier alpha value is -1.33. The maximum atomic E-state index is 11.3. The predicted octanol–water partition coefficient (Wildman–Crippen LogP) is 0.780. The number of unbranched alkanes of at least 4 members (excludes halogenated alkanes) is 1. The van der Waals surface area contributed by atoms with E-state index in [9.17, 15) is 9.90 Å². The molecule has 1 rings (SSSR count). The van der Waals surface area contributed by atoms with Gasteiger partial charge in [-0.2, -0.15) is 0 Å². The van der Waals surface area contributed by atoms with Gasteiger partial charge in [-0.15, -0.1) is 0 Å². The van der Waals surface area contributed by atoms with Crippen molar-refractivity contribution in [1.29, 1.82) is 0 Å². The minimum absolute atomic E-state index is 0.293. The highest BCUT2D eigenvalue weighted by molar-refractivity contribution is 6.08. The number of nitrogens with two attached hydrogens (primary N) is 1. The van der Waals surface area contributed by atoms with Gasteiger partial charge in [-0.1, -0.05) is 49.5 Å². The van der Waals surface area contributed by atoms with Crippen molar-refractivity contribution in [1.82, 2.24) is 5.32 Å². The van der Waals surface area contributed by atoms with Gasteiger partial charge in [0.1, 0.15) is 13.4 Å². The van der Waals surface area contributed by atoms with Crippen LogP contribution in [0, 0.1) is 0 Å². The number of carboxylic acid groups (broad SMARTS) is 1. The lowest BCUT2D eigenvalue weighted by Gasteiger charge is -2.25. The van der Waals surface area contributed by atoms with E-state index in [4.69, 9.17) is 5.73 Å². The number of carboxylic acids is 1. The summed E-state index contributed by atoms with van der Waals surface area (Å²) in [5.74, 6) is -0.927. The van der Waals surface area contributed by atoms with E-state index >= 15 is 0 Å². The first-order valence-electron chi connectivity index (χ1n) is 6.85. The molecule has 0 aromatic heterocycles. The Morgan fingerprint density at radius 1 is 1.32 bits per heavy atom. The average molecular weight is 262 g/mol. The molecule has 19 heavy (non-hydrogen) atoms. The van der Waals surface area contributed by atoms with E-state index < -0.39 is 11.5 Å². The Kier molecular flexibility index (Phi) is 6.60. The number of hydrogen-bond acceptors (Lipinski definition) is 3. The van der Waals surface area contributed by atoms with E-state index in [1.54, 1.807) is 0 Å². The van der Waals surface area contributed by atoms with Gasteiger partial charge in [0.2, 0.25) is 0 Å². The van der Waals surface area contributed by atoms with Crippen LogP contribution in [0.15, 0.2) is 30.3 Å². The van der Waals surface area contributed by atoms with Crippen LogP contribution < -0.4 is 11.1 Å². The van der Waals surface area contributed by atoms with Gasteiger partial charge in [0.15, 0.2) is 0 Å². The summed E-state index contributed by atoms with van der Waals surface area (Å²) < 4.78 is 0. The molecule has 0 spiro atoms. The van der Waals surface area contributed by atoms with Gasteiger partial charge >= 0.3 is 5.97 Å². The van der Waals surface area contributed by atoms with Gasteiger partial charge in [-0.05, 0) is 12.0 Å².